The van der Waals surface area contributed by atoms with Crippen LogP contribution >= 0.6 is 0 Å². The van der Waals surface area contributed by atoms with Gasteiger partial charge in [0.25, 0.3) is 11.4 Å². The molecule has 1 aromatic rings. The molecule has 10 nitrogen and oxygen atoms in total. The summed E-state index contributed by atoms with van der Waals surface area (Å²) >= 11 is 0. The monoisotopic (exact) mass is 480 g/mol. The summed E-state index contributed by atoms with van der Waals surface area (Å²) in [6.07, 6.45) is 11.6. The minimum Gasteiger partial charge on any atom is -0.462 e. The number of carbonyl (C=O) groups is 2. The van der Waals surface area contributed by atoms with E-state index in [2.05, 4.69) is 13.8 Å². The Labute approximate surface area is 200 Å². The van der Waals surface area contributed by atoms with Crippen LogP contribution in [-0.2, 0) is 9.47 Å². The fraction of sp³-hybridized carbons (Fsp3) is 0.667. The Balaban J connectivity index is 2.87. The van der Waals surface area contributed by atoms with Gasteiger partial charge in [0, 0.05) is 0 Å². The Morgan fingerprint density at radius 1 is 0.647 bits per heavy atom. The van der Waals surface area contributed by atoms with E-state index in [0.717, 1.165) is 70.3 Å². The summed E-state index contributed by atoms with van der Waals surface area (Å²) in [6, 6.07) is 1.45. The highest BCUT2D eigenvalue weighted by molar-refractivity contribution is 6.01. The lowest BCUT2D eigenvalue weighted by molar-refractivity contribution is -0.394. The fourth-order valence-corrected chi connectivity index (χ4v) is 3.46. The number of nitrogens with zero attached hydrogens (tertiary/aromatic N) is 2. The molecule has 190 valence electrons. The number of benzene rings is 1. The molecule has 1 rings (SSSR count). The summed E-state index contributed by atoms with van der Waals surface area (Å²) in [7, 11) is 0. The van der Waals surface area contributed by atoms with Crippen molar-refractivity contribution in [1.82, 2.24) is 0 Å². The van der Waals surface area contributed by atoms with Gasteiger partial charge in [-0.3, -0.25) is 20.2 Å². The van der Waals surface area contributed by atoms with E-state index in [1.165, 1.54) is 0 Å². The van der Waals surface area contributed by atoms with Gasteiger partial charge in [-0.15, -0.1) is 0 Å². The van der Waals surface area contributed by atoms with Crippen molar-refractivity contribution in [2.75, 3.05) is 13.2 Å². The first-order chi connectivity index (χ1) is 16.3. The van der Waals surface area contributed by atoms with Crippen LogP contribution < -0.4 is 0 Å². The normalized spacial score (nSPS) is 10.6. The van der Waals surface area contributed by atoms with Crippen LogP contribution in [0.3, 0.4) is 0 Å². The molecule has 0 unspecified atom stereocenters. The van der Waals surface area contributed by atoms with Gasteiger partial charge >= 0.3 is 11.9 Å². The highest BCUT2D eigenvalue weighted by Crippen LogP contribution is 2.30. The number of unbranched alkanes of at least 4 members (excludes halogenated alkanes) is 10. The maximum Gasteiger partial charge on any atom is 0.345 e. The second-order valence-electron chi connectivity index (χ2n) is 8.21. The predicted molar refractivity (Wildman–Crippen MR) is 127 cm³/mol. The van der Waals surface area contributed by atoms with E-state index >= 15 is 0 Å². The van der Waals surface area contributed by atoms with E-state index in [-0.39, 0.29) is 13.2 Å². The van der Waals surface area contributed by atoms with Gasteiger partial charge in [-0.05, 0) is 18.9 Å². The van der Waals surface area contributed by atoms with Crippen molar-refractivity contribution in [1.29, 1.82) is 0 Å². The second-order valence-corrected chi connectivity index (χ2v) is 8.21. The molecule has 0 aliphatic rings. The Hall–Kier alpha value is -3.04. The molecule has 1 aromatic carbocycles. The molecule has 0 saturated carbocycles. The average molecular weight is 481 g/mol. The number of carbonyl (C=O) groups excluding carboxylic acids is 2. The minimum atomic E-state index is -1.000. The lowest BCUT2D eigenvalue weighted by Crippen LogP contribution is -2.14. The van der Waals surface area contributed by atoms with Crippen molar-refractivity contribution in [3.8, 4) is 0 Å². The molecule has 34 heavy (non-hydrogen) atoms. The highest BCUT2D eigenvalue weighted by Gasteiger charge is 2.32. The van der Waals surface area contributed by atoms with Crippen molar-refractivity contribution < 1.29 is 28.9 Å². The van der Waals surface area contributed by atoms with E-state index in [1.54, 1.807) is 0 Å². The smallest absolute Gasteiger partial charge is 0.345 e. The maximum absolute atomic E-state index is 12.5. The number of nitro groups is 2. The van der Waals surface area contributed by atoms with Crippen molar-refractivity contribution in [2.45, 2.75) is 90.9 Å². The second kappa shape index (κ2) is 16.6. The molecule has 10 heteroatoms. The van der Waals surface area contributed by atoms with Gasteiger partial charge in [0.1, 0.15) is 11.1 Å². The van der Waals surface area contributed by atoms with E-state index < -0.39 is 44.3 Å². The maximum atomic E-state index is 12.5. The number of esters is 2. The first-order valence-electron chi connectivity index (χ1n) is 12.1. The van der Waals surface area contributed by atoms with Gasteiger partial charge in [-0.2, -0.15) is 0 Å². The van der Waals surface area contributed by atoms with Crippen LogP contribution in [-0.4, -0.2) is 35.0 Å². The number of hydrogen-bond acceptors (Lipinski definition) is 8. The van der Waals surface area contributed by atoms with Crippen LogP contribution in [0, 0.1) is 20.2 Å². The zero-order valence-corrected chi connectivity index (χ0v) is 20.2. The van der Waals surface area contributed by atoms with Crippen molar-refractivity contribution in [3.63, 3.8) is 0 Å². The molecule has 0 aliphatic heterocycles. The highest BCUT2D eigenvalue weighted by atomic mass is 16.6. The van der Waals surface area contributed by atoms with Crippen LogP contribution in [0.5, 0.6) is 0 Å². The molecular formula is C24H36N2O8. The Morgan fingerprint density at radius 3 is 1.35 bits per heavy atom. The summed E-state index contributed by atoms with van der Waals surface area (Å²) in [5.41, 5.74) is -2.58. The van der Waals surface area contributed by atoms with Gasteiger partial charge in [0.2, 0.25) is 0 Å². The van der Waals surface area contributed by atoms with Crippen molar-refractivity contribution in [3.05, 3.63) is 43.5 Å². The van der Waals surface area contributed by atoms with Gasteiger partial charge in [0.15, 0.2) is 0 Å². The minimum absolute atomic E-state index is 0.0664. The molecule has 0 spiro atoms. The first-order valence-corrected chi connectivity index (χ1v) is 12.1. The third-order valence-electron chi connectivity index (χ3n) is 5.41. The van der Waals surface area contributed by atoms with Crippen molar-refractivity contribution in [2.24, 2.45) is 0 Å². The van der Waals surface area contributed by atoms with Crippen LogP contribution in [0.2, 0.25) is 0 Å². The van der Waals surface area contributed by atoms with E-state index in [4.69, 9.17) is 9.47 Å². The lowest BCUT2D eigenvalue weighted by Gasteiger charge is -2.09. The Morgan fingerprint density at radius 2 is 1.00 bits per heavy atom. The summed E-state index contributed by atoms with van der Waals surface area (Å²) in [5, 5.41) is 22.9. The van der Waals surface area contributed by atoms with Crippen LogP contribution in [0.15, 0.2) is 12.1 Å². The average Bonchev–Trinajstić information content (AvgIpc) is 2.81. The molecule has 0 N–H and O–H groups in total. The van der Waals surface area contributed by atoms with E-state index in [1.807, 2.05) is 0 Å². The summed E-state index contributed by atoms with van der Waals surface area (Å²) < 4.78 is 10.3. The lowest BCUT2D eigenvalue weighted by atomic mass is 10.1. The SMILES string of the molecule is CCCCCCCCOC(=O)c1cc(C(=O)OCCCCCCCC)c([N+](=O)[O-])cc1[N+](=O)[O-]. The summed E-state index contributed by atoms with van der Waals surface area (Å²) in [5.74, 6) is -2.00. The van der Waals surface area contributed by atoms with Crippen LogP contribution in [0.4, 0.5) is 11.4 Å². The van der Waals surface area contributed by atoms with Gasteiger partial charge in [-0.1, -0.05) is 78.1 Å². The fourth-order valence-electron chi connectivity index (χ4n) is 3.46. The zero-order chi connectivity index (χ0) is 25.3. The van der Waals surface area contributed by atoms with Gasteiger partial charge < -0.3 is 9.47 Å². The standard InChI is InChI=1S/C24H36N2O8/c1-3-5-7-9-11-13-15-33-23(27)19-17-20(22(26(31)32)18-21(19)25(29)30)24(28)34-16-14-12-10-8-6-4-2/h17-18H,3-16H2,1-2H3. The molecule has 0 saturated heterocycles. The van der Waals surface area contributed by atoms with Crippen LogP contribution in [0.25, 0.3) is 0 Å². The van der Waals surface area contributed by atoms with E-state index in [9.17, 15) is 29.8 Å². The molecular weight excluding hydrogens is 444 g/mol. The number of nitro benzene ring substituents is 2. The topological polar surface area (TPSA) is 139 Å². The number of hydrogen-bond donors (Lipinski definition) is 0. The number of ether oxygens (including phenoxy) is 2. The molecule has 0 atom stereocenters. The molecule has 0 bridgehead atoms. The number of rotatable bonds is 18. The molecule has 0 aliphatic carbocycles. The first kappa shape index (κ1) is 29.0. The Bertz CT molecular complexity index is 762. The summed E-state index contributed by atoms with van der Waals surface area (Å²) in [4.78, 5) is 46.1. The van der Waals surface area contributed by atoms with Gasteiger partial charge in [-0.25, -0.2) is 9.59 Å². The molecule has 0 fully saturated rings. The van der Waals surface area contributed by atoms with Gasteiger partial charge in [0.05, 0.1) is 29.1 Å². The van der Waals surface area contributed by atoms with E-state index in [0.29, 0.717) is 18.9 Å². The van der Waals surface area contributed by atoms with Crippen molar-refractivity contribution >= 4 is 23.3 Å². The Kier molecular flexibility index (Phi) is 14.1. The molecule has 0 aromatic heterocycles. The predicted octanol–water partition coefficient (Wildman–Crippen LogP) is 6.54. The third kappa shape index (κ3) is 10.3. The quantitative estimate of drug-likeness (QED) is 0.0998. The molecule has 0 radical (unpaired) electrons. The summed E-state index contributed by atoms with van der Waals surface area (Å²) in [6.45, 7) is 4.35. The molecule has 0 amide bonds. The largest absolute Gasteiger partial charge is 0.462 e. The molecule has 0 heterocycles. The third-order valence-corrected chi connectivity index (χ3v) is 5.41. The zero-order valence-electron chi connectivity index (χ0n) is 20.2. The van der Waals surface area contributed by atoms with Crippen LogP contribution in [0.1, 0.15) is 112 Å².